The van der Waals surface area contributed by atoms with Crippen LogP contribution in [0.3, 0.4) is 0 Å². The van der Waals surface area contributed by atoms with Crippen molar-refractivity contribution in [2.75, 3.05) is 19.5 Å². The number of carbonyl (C=O) groups excluding carboxylic acids is 1. The molecule has 0 fully saturated rings. The molecular formula is C19H27IN4O2S. The molecule has 0 aliphatic rings. The van der Waals surface area contributed by atoms with Crippen LogP contribution in [0.5, 0.6) is 0 Å². The summed E-state index contributed by atoms with van der Waals surface area (Å²) < 4.78 is 4.57. The van der Waals surface area contributed by atoms with Gasteiger partial charge in [0.1, 0.15) is 0 Å². The minimum atomic E-state index is -0.476. The second-order valence-electron chi connectivity index (χ2n) is 6.00. The number of ether oxygens (including phenoxy) is 1. The summed E-state index contributed by atoms with van der Waals surface area (Å²) in [4.78, 5) is 18.2. The first kappa shape index (κ1) is 23.2. The number of rotatable bonds is 6. The van der Waals surface area contributed by atoms with Gasteiger partial charge in [-0.25, -0.2) is 4.79 Å². The molecular weight excluding hydrogens is 475 g/mol. The molecule has 1 unspecified atom stereocenters. The molecule has 0 saturated carbocycles. The van der Waals surface area contributed by atoms with Gasteiger partial charge in [0.2, 0.25) is 0 Å². The maximum absolute atomic E-state index is 11.2. The van der Waals surface area contributed by atoms with Gasteiger partial charge in [0.05, 0.1) is 7.11 Å². The third-order valence-electron chi connectivity index (χ3n) is 3.76. The summed E-state index contributed by atoms with van der Waals surface area (Å²) in [6.07, 6.45) is 0.489. The molecule has 8 heteroatoms. The van der Waals surface area contributed by atoms with Crippen LogP contribution in [0.15, 0.2) is 41.4 Å². The number of nitrogens with zero attached hydrogens (tertiary/aromatic N) is 1. The second kappa shape index (κ2) is 11.8. The number of halogens is 1. The van der Waals surface area contributed by atoms with Gasteiger partial charge < -0.3 is 15.4 Å². The van der Waals surface area contributed by atoms with Crippen LogP contribution in [-0.2, 0) is 17.7 Å². The van der Waals surface area contributed by atoms with Gasteiger partial charge in [0, 0.05) is 41.5 Å². The van der Waals surface area contributed by atoms with E-state index in [-0.39, 0.29) is 30.0 Å². The van der Waals surface area contributed by atoms with Gasteiger partial charge >= 0.3 is 6.09 Å². The molecule has 1 aromatic heterocycles. The standard InChI is InChI=1S/C19H26N4O2S.HI/c1-13(11-17-10-5-14(2)26-17)22-18(20-3)21-12-15-6-8-16(9-7-15)23-19(24)25-4;/h5-10,13H,11-12H2,1-4H3,(H,23,24)(H2,20,21,22);1H. The highest BCUT2D eigenvalue weighted by Gasteiger charge is 2.08. The molecule has 27 heavy (non-hydrogen) atoms. The van der Waals surface area contributed by atoms with Crippen LogP contribution in [0.2, 0.25) is 0 Å². The van der Waals surface area contributed by atoms with E-state index >= 15 is 0 Å². The predicted octanol–water partition coefficient (Wildman–Crippen LogP) is 4.15. The third kappa shape index (κ3) is 8.17. The summed E-state index contributed by atoms with van der Waals surface area (Å²) in [5.74, 6) is 0.766. The number of anilines is 1. The van der Waals surface area contributed by atoms with Crippen molar-refractivity contribution in [2.24, 2.45) is 4.99 Å². The van der Waals surface area contributed by atoms with E-state index in [4.69, 9.17) is 0 Å². The number of thiophene rings is 1. The monoisotopic (exact) mass is 502 g/mol. The molecule has 1 heterocycles. The van der Waals surface area contributed by atoms with E-state index < -0.39 is 6.09 Å². The molecule has 0 bridgehead atoms. The number of guanidine groups is 1. The first-order chi connectivity index (χ1) is 12.5. The number of hydrogen-bond donors (Lipinski definition) is 3. The van der Waals surface area contributed by atoms with E-state index in [1.54, 1.807) is 7.05 Å². The summed E-state index contributed by atoms with van der Waals surface area (Å²) in [5, 5.41) is 9.35. The Labute approximate surface area is 181 Å². The van der Waals surface area contributed by atoms with Crippen LogP contribution in [0.4, 0.5) is 10.5 Å². The van der Waals surface area contributed by atoms with Crippen LogP contribution in [0.25, 0.3) is 0 Å². The predicted molar refractivity (Wildman–Crippen MR) is 123 cm³/mol. The number of nitrogens with one attached hydrogen (secondary N) is 3. The lowest BCUT2D eigenvalue weighted by Crippen LogP contribution is -2.42. The molecule has 0 saturated heterocycles. The molecule has 2 aromatic rings. The maximum atomic E-state index is 11.2. The minimum absolute atomic E-state index is 0. The molecule has 1 atom stereocenters. The van der Waals surface area contributed by atoms with E-state index in [1.165, 1.54) is 16.9 Å². The summed E-state index contributed by atoms with van der Waals surface area (Å²) >= 11 is 1.83. The van der Waals surface area contributed by atoms with Crippen molar-refractivity contribution >= 4 is 53.1 Å². The second-order valence-corrected chi connectivity index (χ2v) is 7.37. The fraction of sp³-hybridized carbons (Fsp3) is 0.368. The van der Waals surface area contributed by atoms with Gasteiger partial charge in [0.25, 0.3) is 0 Å². The molecule has 1 aromatic carbocycles. The zero-order valence-corrected chi connectivity index (χ0v) is 19.2. The number of aryl methyl sites for hydroxylation is 1. The zero-order valence-electron chi connectivity index (χ0n) is 16.0. The number of carbonyl (C=O) groups is 1. The molecule has 2 rings (SSSR count). The number of aliphatic imine (C=N–C) groups is 1. The van der Waals surface area contributed by atoms with E-state index in [0.717, 1.165) is 17.9 Å². The highest BCUT2D eigenvalue weighted by Crippen LogP contribution is 2.16. The third-order valence-corrected chi connectivity index (χ3v) is 4.78. The lowest BCUT2D eigenvalue weighted by molar-refractivity contribution is 0.187. The van der Waals surface area contributed by atoms with Gasteiger partial charge in [-0.05, 0) is 43.7 Å². The van der Waals surface area contributed by atoms with Gasteiger partial charge in [-0.3, -0.25) is 10.3 Å². The molecule has 0 aliphatic carbocycles. The fourth-order valence-corrected chi connectivity index (χ4v) is 3.46. The quantitative estimate of drug-likeness (QED) is 0.315. The van der Waals surface area contributed by atoms with Gasteiger partial charge in [-0.15, -0.1) is 35.3 Å². The average Bonchev–Trinajstić information content (AvgIpc) is 3.04. The number of hydrogen-bond acceptors (Lipinski definition) is 4. The van der Waals surface area contributed by atoms with E-state index in [0.29, 0.717) is 12.2 Å². The van der Waals surface area contributed by atoms with Crippen LogP contribution in [0.1, 0.15) is 22.2 Å². The van der Waals surface area contributed by atoms with Crippen molar-refractivity contribution < 1.29 is 9.53 Å². The van der Waals surface area contributed by atoms with E-state index in [9.17, 15) is 4.79 Å². The number of amides is 1. The molecule has 6 nitrogen and oxygen atoms in total. The molecule has 148 valence electrons. The van der Waals surface area contributed by atoms with Crippen LogP contribution >= 0.6 is 35.3 Å². The Bertz CT molecular complexity index is 746. The lowest BCUT2D eigenvalue weighted by atomic mass is 10.2. The Hall–Kier alpha value is -1.81. The van der Waals surface area contributed by atoms with Gasteiger partial charge in [-0.1, -0.05) is 12.1 Å². The van der Waals surface area contributed by atoms with E-state index in [1.807, 2.05) is 35.6 Å². The van der Waals surface area contributed by atoms with Crippen molar-refractivity contribution in [3.63, 3.8) is 0 Å². The molecule has 0 spiro atoms. The number of methoxy groups -OCH3 is 1. The van der Waals surface area contributed by atoms with Crippen LogP contribution < -0.4 is 16.0 Å². The summed E-state index contributed by atoms with van der Waals surface area (Å²) in [6.45, 7) is 4.91. The van der Waals surface area contributed by atoms with Crippen LogP contribution in [0, 0.1) is 6.92 Å². The average molecular weight is 502 g/mol. The van der Waals surface area contributed by atoms with Crippen molar-refractivity contribution in [1.29, 1.82) is 0 Å². The van der Waals surface area contributed by atoms with Crippen LogP contribution in [-0.4, -0.2) is 32.3 Å². The molecule has 3 N–H and O–H groups in total. The van der Waals surface area contributed by atoms with E-state index in [2.05, 4.69) is 51.7 Å². The fourth-order valence-electron chi connectivity index (χ4n) is 2.44. The first-order valence-electron chi connectivity index (χ1n) is 8.46. The summed E-state index contributed by atoms with van der Waals surface area (Å²) in [5.41, 5.74) is 1.79. The SMILES string of the molecule is CN=C(NCc1ccc(NC(=O)OC)cc1)NC(C)Cc1ccc(C)s1.I. The Morgan fingerprint density at radius 1 is 1.22 bits per heavy atom. The zero-order chi connectivity index (χ0) is 18.9. The minimum Gasteiger partial charge on any atom is -0.453 e. The Morgan fingerprint density at radius 2 is 1.93 bits per heavy atom. The molecule has 0 aliphatic heterocycles. The highest BCUT2D eigenvalue weighted by atomic mass is 127. The number of benzene rings is 1. The summed E-state index contributed by atoms with van der Waals surface area (Å²) in [6, 6.07) is 12.2. The summed E-state index contributed by atoms with van der Waals surface area (Å²) in [7, 11) is 3.10. The maximum Gasteiger partial charge on any atom is 0.411 e. The van der Waals surface area contributed by atoms with Gasteiger partial charge in [-0.2, -0.15) is 0 Å². The molecule has 0 radical (unpaired) electrons. The van der Waals surface area contributed by atoms with Gasteiger partial charge in [0.15, 0.2) is 5.96 Å². The Morgan fingerprint density at radius 3 is 2.48 bits per heavy atom. The normalized spacial score (nSPS) is 11.9. The van der Waals surface area contributed by atoms with Crippen molar-refractivity contribution in [1.82, 2.24) is 10.6 Å². The highest BCUT2D eigenvalue weighted by molar-refractivity contribution is 14.0. The van der Waals surface area contributed by atoms with Crippen molar-refractivity contribution in [3.05, 3.63) is 51.7 Å². The largest absolute Gasteiger partial charge is 0.453 e. The topological polar surface area (TPSA) is 74.8 Å². The van der Waals surface area contributed by atoms with Crippen molar-refractivity contribution in [2.45, 2.75) is 32.9 Å². The Kier molecular flexibility index (Phi) is 10.2. The Balaban J connectivity index is 0.00000364. The first-order valence-corrected chi connectivity index (χ1v) is 9.28. The molecule has 1 amide bonds. The lowest BCUT2D eigenvalue weighted by Gasteiger charge is -2.17. The smallest absolute Gasteiger partial charge is 0.411 e. The van der Waals surface area contributed by atoms with Crippen molar-refractivity contribution in [3.8, 4) is 0 Å².